The van der Waals surface area contributed by atoms with Gasteiger partial charge in [0.05, 0.1) is 24.9 Å². The van der Waals surface area contributed by atoms with E-state index in [1.54, 1.807) is 0 Å². The lowest BCUT2D eigenvalue weighted by molar-refractivity contribution is -0.00305. The van der Waals surface area contributed by atoms with Crippen molar-refractivity contribution < 1.29 is 14.3 Å². The molecular formula is C24H27N3O3. The van der Waals surface area contributed by atoms with E-state index in [0.29, 0.717) is 31.9 Å². The SMILES string of the molecule is Cc1nn(C)c(C)c1[C@H]1COCCN1C(=O)c1ccc(COc2ccccc2)cc1. The number of hydrogen-bond donors (Lipinski definition) is 0. The van der Waals surface area contributed by atoms with E-state index in [1.807, 2.05) is 85.1 Å². The second-order valence-electron chi connectivity index (χ2n) is 7.60. The van der Waals surface area contributed by atoms with Gasteiger partial charge in [0.15, 0.2) is 0 Å². The summed E-state index contributed by atoms with van der Waals surface area (Å²) >= 11 is 0. The third-order valence-electron chi connectivity index (χ3n) is 5.64. The molecular weight excluding hydrogens is 378 g/mol. The molecule has 1 atom stereocenters. The monoisotopic (exact) mass is 405 g/mol. The Labute approximate surface area is 177 Å². The summed E-state index contributed by atoms with van der Waals surface area (Å²) in [5.41, 5.74) is 4.78. The van der Waals surface area contributed by atoms with Crippen LogP contribution in [0.3, 0.4) is 0 Å². The van der Waals surface area contributed by atoms with Gasteiger partial charge in [-0.2, -0.15) is 5.10 Å². The molecule has 0 radical (unpaired) electrons. The zero-order valence-electron chi connectivity index (χ0n) is 17.7. The van der Waals surface area contributed by atoms with E-state index in [1.165, 1.54) is 0 Å². The Morgan fingerprint density at radius 3 is 2.53 bits per heavy atom. The number of aromatic nitrogens is 2. The van der Waals surface area contributed by atoms with Crippen LogP contribution in [0.5, 0.6) is 5.75 Å². The lowest BCUT2D eigenvalue weighted by Gasteiger charge is -2.36. The van der Waals surface area contributed by atoms with Gasteiger partial charge < -0.3 is 14.4 Å². The Morgan fingerprint density at radius 1 is 1.13 bits per heavy atom. The van der Waals surface area contributed by atoms with Crippen molar-refractivity contribution in [2.75, 3.05) is 19.8 Å². The zero-order chi connectivity index (χ0) is 21.1. The van der Waals surface area contributed by atoms with E-state index in [9.17, 15) is 4.79 Å². The fourth-order valence-electron chi connectivity index (χ4n) is 3.95. The quantitative estimate of drug-likeness (QED) is 0.647. The molecule has 1 aromatic heterocycles. The number of benzene rings is 2. The van der Waals surface area contributed by atoms with Gasteiger partial charge in [-0.3, -0.25) is 9.48 Å². The van der Waals surface area contributed by atoms with Gasteiger partial charge in [-0.15, -0.1) is 0 Å². The van der Waals surface area contributed by atoms with Crippen molar-refractivity contribution in [3.63, 3.8) is 0 Å². The maximum atomic E-state index is 13.3. The van der Waals surface area contributed by atoms with Crippen LogP contribution in [0.15, 0.2) is 54.6 Å². The molecule has 2 heterocycles. The predicted octanol–water partition coefficient (Wildman–Crippen LogP) is 3.83. The summed E-state index contributed by atoms with van der Waals surface area (Å²) < 4.78 is 13.4. The first kappa shape index (κ1) is 20.2. The summed E-state index contributed by atoms with van der Waals surface area (Å²) in [6.07, 6.45) is 0. The van der Waals surface area contributed by atoms with Crippen LogP contribution in [0, 0.1) is 13.8 Å². The molecule has 1 saturated heterocycles. The summed E-state index contributed by atoms with van der Waals surface area (Å²) in [6, 6.07) is 17.2. The minimum atomic E-state index is -0.124. The van der Waals surface area contributed by atoms with E-state index in [4.69, 9.17) is 9.47 Å². The summed E-state index contributed by atoms with van der Waals surface area (Å²) in [6.45, 7) is 6.09. The number of aryl methyl sites for hydroxylation is 2. The highest BCUT2D eigenvalue weighted by molar-refractivity contribution is 5.94. The average molecular weight is 405 g/mol. The highest BCUT2D eigenvalue weighted by atomic mass is 16.5. The van der Waals surface area contributed by atoms with Crippen LogP contribution in [-0.2, 0) is 18.4 Å². The van der Waals surface area contributed by atoms with E-state index >= 15 is 0 Å². The normalized spacial score (nSPS) is 16.5. The van der Waals surface area contributed by atoms with Crippen LogP contribution >= 0.6 is 0 Å². The number of nitrogens with zero attached hydrogens (tertiary/aromatic N) is 3. The van der Waals surface area contributed by atoms with Crippen LogP contribution in [0.25, 0.3) is 0 Å². The molecule has 1 aliphatic rings. The second kappa shape index (κ2) is 8.71. The van der Waals surface area contributed by atoms with Crippen LogP contribution < -0.4 is 4.74 Å². The Bertz CT molecular complexity index is 1010. The fourth-order valence-corrected chi connectivity index (χ4v) is 3.95. The van der Waals surface area contributed by atoms with Crippen LogP contribution in [0.4, 0.5) is 0 Å². The lowest BCUT2D eigenvalue weighted by atomic mass is 10.0. The zero-order valence-corrected chi connectivity index (χ0v) is 17.7. The molecule has 0 unspecified atom stereocenters. The van der Waals surface area contributed by atoms with Gasteiger partial charge in [0.25, 0.3) is 5.91 Å². The molecule has 0 spiro atoms. The van der Waals surface area contributed by atoms with Gasteiger partial charge in [-0.25, -0.2) is 0 Å². The second-order valence-corrected chi connectivity index (χ2v) is 7.60. The number of amides is 1. The number of rotatable bonds is 5. The van der Waals surface area contributed by atoms with E-state index in [-0.39, 0.29) is 11.9 Å². The number of para-hydroxylation sites is 1. The molecule has 6 nitrogen and oxygen atoms in total. The molecule has 0 saturated carbocycles. The molecule has 0 bridgehead atoms. The molecule has 2 aromatic carbocycles. The van der Waals surface area contributed by atoms with Crippen molar-refractivity contribution in [3.8, 4) is 5.75 Å². The summed E-state index contributed by atoms with van der Waals surface area (Å²) in [7, 11) is 1.93. The number of carbonyl (C=O) groups excluding carboxylic acids is 1. The van der Waals surface area contributed by atoms with Crippen molar-refractivity contribution in [3.05, 3.63) is 82.7 Å². The summed E-state index contributed by atoms with van der Waals surface area (Å²) in [5, 5.41) is 4.52. The molecule has 0 aliphatic carbocycles. The van der Waals surface area contributed by atoms with Crippen molar-refractivity contribution in [1.29, 1.82) is 0 Å². The first-order chi connectivity index (χ1) is 14.5. The molecule has 156 valence electrons. The Hall–Kier alpha value is -3.12. The minimum absolute atomic E-state index is 0.0153. The Morgan fingerprint density at radius 2 is 1.87 bits per heavy atom. The fraction of sp³-hybridized carbons (Fsp3) is 0.333. The van der Waals surface area contributed by atoms with Crippen molar-refractivity contribution in [2.24, 2.45) is 7.05 Å². The van der Waals surface area contributed by atoms with Gasteiger partial charge in [-0.05, 0) is 43.7 Å². The van der Waals surface area contributed by atoms with Gasteiger partial charge >= 0.3 is 0 Å². The number of ether oxygens (including phenoxy) is 2. The first-order valence-electron chi connectivity index (χ1n) is 10.2. The molecule has 3 aromatic rings. The van der Waals surface area contributed by atoms with Crippen LogP contribution in [0.2, 0.25) is 0 Å². The third kappa shape index (κ3) is 4.09. The van der Waals surface area contributed by atoms with Gasteiger partial charge in [0.1, 0.15) is 12.4 Å². The highest BCUT2D eigenvalue weighted by Crippen LogP contribution is 2.30. The van der Waals surface area contributed by atoms with E-state index in [0.717, 1.165) is 28.3 Å². The van der Waals surface area contributed by atoms with Gasteiger partial charge in [0.2, 0.25) is 0 Å². The number of morpholine rings is 1. The van der Waals surface area contributed by atoms with E-state index in [2.05, 4.69) is 5.10 Å². The van der Waals surface area contributed by atoms with Gasteiger partial charge in [0, 0.05) is 30.4 Å². The molecule has 0 N–H and O–H groups in total. The minimum Gasteiger partial charge on any atom is -0.489 e. The topological polar surface area (TPSA) is 56.6 Å². The maximum absolute atomic E-state index is 13.3. The maximum Gasteiger partial charge on any atom is 0.254 e. The lowest BCUT2D eigenvalue weighted by Crippen LogP contribution is -2.43. The average Bonchev–Trinajstić information content (AvgIpc) is 3.04. The highest BCUT2D eigenvalue weighted by Gasteiger charge is 2.32. The third-order valence-corrected chi connectivity index (χ3v) is 5.64. The standard InChI is InChI=1S/C24H27N3O3/c1-17-23(18(2)26(3)25-17)22-16-29-14-13-27(22)24(28)20-11-9-19(10-12-20)15-30-21-7-5-4-6-8-21/h4-12,22H,13-16H2,1-3H3/t22-/m1/s1. The summed E-state index contributed by atoms with van der Waals surface area (Å²) in [4.78, 5) is 15.2. The Kier molecular flexibility index (Phi) is 5.86. The largest absolute Gasteiger partial charge is 0.489 e. The Balaban J connectivity index is 1.49. The van der Waals surface area contributed by atoms with Crippen LogP contribution in [-0.4, -0.2) is 40.3 Å². The number of carbonyl (C=O) groups is 1. The molecule has 30 heavy (non-hydrogen) atoms. The van der Waals surface area contributed by atoms with Crippen molar-refractivity contribution in [2.45, 2.75) is 26.5 Å². The molecule has 1 fully saturated rings. The smallest absolute Gasteiger partial charge is 0.254 e. The van der Waals surface area contributed by atoms with Crippen LogP contribution in [0.1, 0.15) is 38.9 Å². The first-order valence-corrected chi connectivity index (χ1v) is 10.2. The van der Waals surface area contributed by atoms with Crippen molar-refractivity contribution >= 4 is 5.91 Å². The molecule has 6 heteroatoms. The predicted molar refractivity (Wildman–Crippen MR) is 114 cm³/mol. The van der Waals surface area contributed by atoms with Gasteiger partial charge in [-0.1, -0.05) is 30.3 Å². The van der Waals surface area contributed by atoms with Crippen molar-refractivity contribution in [1.82, 2.24) is 14.7 Å². The molecule has 1 amide bonds. The summed E-state index contributed by atoms with van der Waals surface area (Å²) in [5.74, 6) is 0.845. The molecule has 4 rings (SSSR count). The van der Waals surface area contributed by atoms with E-state index < -0.39 is 0 Å². The molecule has 1 aliphatic heterocycles. The number of hydrogen-bond acceptors (Lipinski definition) is 4.